The highest BCUT2D eigenvalue weighted by Gasteiger charge is 2.17. The SMILES string of the molecule is Clc1ccc(-c2noc(-c3nnc(Nc4ccccc4)o3)n2)cc1. The van der Waals surface area contributed by atoms with Crippen molar-refractivity contribution in [2.75, 3.05) is 5.32 Å². The van der Waals surface area contributed by atoms with Crippen LogP contribution in [0.5, 0.6) is 0 Å². The normalized spacial score (nSPS) is 10.7. The lowest BCUT2D eigenvalue weighted by atomic mass is 10.2. The van der Waals surface area contributed by atoms with Crippen LogP contribution < -0.4 is 5.32 Å². The fraction of sp³-hybridized carbons (Fsp3) is 0. The fourth-order valence-corrected chi connectivity index (χ4v) is 2.16. The topological polar surface area (TPSA) is 89.9 Å². The van der Waals surface area contributed by atoms with E-state index in [1.54, 1.807) is 24.3 Å². The van der Waals surface area contributed by atoms with Crippen molar-refractivity contribution in [3.8, 4) is 23.2 Å². The summed E-state index contributed by atoms with van der Waals surface area (Å²) in [7, 11) is 0. The number of hydrogen-bond acceptors (Lipinski definition) is 7. The number of anilines is 2. The predicted molar refractivity (Wildman–Crippen MR) is 87.8 cm³/mol. The second-order valence-corrected chi connectivity index (χ2v) is 5.27. The minimum Gasteiger partial charge on any atom is -0.399 e. The number of nitrogens with zero attached hydrogens (tertiary/aromatic N) is 4. The van der Waals surface area contributed by atoms with Gasteiger partial charge in [0.05, 0.1) is 0 Å². The molecule has 0 aliphatic rings. The van der Waals surface area contributed by atoms with Crippen molar-refractivity contribution in [1.29, 1.82) is 0 Å². The van der Waals surface area contributed by atoms with Crippen molar-refractivity contribution in [3.63, 3.8) is 0 Å². The summed E-state index contributed by atoms with van der Waals surface area (Å²) in [6.45, 7) is 0. The Morgan fingerprint density at radius 2 is 1.67 bits per heavy atom. The smallest absolute Gasteiger partial charge is 0.320 e. The fourth-order valence-electron chi connectivity index (χ4n) is 2.03. The monoisotopic (exact) mass is 339 g/mol. The Morgan fingerprint density at radius 3 is 2.46 bits per heavy atom. The Morgan fingerprint density at radius 1 is 0.875 bits per heavy atom. The van der Waals surface area contributed by atoms with Gasteiger partial charge in [0, 0.05) is 16.3 Å². The van der Waals surface area contributed by atoms with E-state index < -0.39 is 0 Å². The van der Waals surface area contributed by atoms with E-state index in [0.717, 1.165) is 11.3 Å². The molecule has 7 nitrogen and oxygen atoms in total. The minimum absolute atomic E-state index is 0.140. The average Bonchev–Trinajstić information content (AvgIpc) is 3.26. The maximum absolute atomic E-state index is 5.87. The molecule has 0 radical (unpaired) electrons. The van der Waals surface area contributed by atoms with Crippen molar-refractivity contribution < 1.29 is 8.94 Å². The van der Waals surface area contributed by atoms with Crippen LogP contribution in [0.25, 0.3) is 23.2 Å². The molecular weight excluding hydrogens is 330 g/mol. The molecule has 0 fully saturated rings. The zero-order valence-corrected chi connectivity index (χ0v) is 12.9. The summed E-state index contributed by atoms with van der Waals surface area (Å²) >= 11 is 5.87. The van der Waals surface area contributed by atoms with Gasteiger partial charge in [-0.2, -0.15) is 4.98 Å². The number of halogens is 1. The van der Waals surface area contributed by atoms with Crippen molar-refractivity contribution in [1.82, 2.24) is 20.3 Å². The molecule has 0 bridgehead atoms. The molecule has 24 heavy (non-hydrogen) atoms. The third-order valence-corrected chi connectivity index (χ3v) is 3.41. The Kier molecular flexibility index (Phi) is 3.68. The van der Waals surface area contributed by atoms with Crippen molar-refractivity contribution >= 4 is 23.3 Å². The van der Waals surface area contributed by atoms with Crippen LogP contribution in [0.3, 0.4) is 0 Å². The highest BCUT2D eigenvalue weighted by Crippen LogP contribution is 2.24. The minimum atomic E-state index is 0.140. The summed E-state index contributed by atoms with van der Waals surface area (Å²) in [5.41, 5.74) is 1.61. The number of rotatable bonds is 4. The predicted octanol–water partition coefficient (Wildman–Crippen LogP) is 4.18. The van der Waals surface area contributed by atoms with Crippen molar-refractivity contribution in [2.24, 2.45) is 0 Å². The summed E-state index contributed by atoms with van der Waals surface area (Å²) in [6.07, 6.45) is 0. The van der Waals surface area contributed by atoms with E-state index in [1.165, 1.54) is 0 Å². The summed E-state index contributed by atoms with van der Waals surface area (Å²) in [5, 5.41) is 15.4. The van der Waals surface area contributed by atoms with Gasteiger partial charge in [0.1, 0.15) is 0 Å². The third kappa shape index (κ3) is 2.97. The molecule has 2 heterocycles. The number of hydrogen-bond donors (Lipinski definition) is 1. The standard InChI is InChI=1S/C16H10ClN5O2/c17-11-8-6-10(7-9-11)13-19-14(24-22-13)15-20-21-16(23-15)18-12-4-2-1-3-5-12/h1-9H,(H,18,21). The molecule has 0 spiro atoms. The van der Waals surface area contributed by atoms with Crippen LogP contribution >= 0.6 is 11.6 Å². The molecule has 2 aromatic carbocycles. The molecule has 0 aliphatic carbocycles. The molecule has 0 aliphatic heterocycles. The summed E-state index contributed by atoms with van der Waals surface area (Å²) in [6, 6.07) is 16.8. The second-order valence-electron chi connectivity index (χ2n) is 4.83. The molecule has 118 valence electrons. The van der Waals surface area contributed by atoms with Gasteiger partial charge in [0.25, 0.3) is 0 Å². The lowest BCUT2D eigenvalue weighted by Gasteiger charge is -1.98. The zero-order chi connectivity index (χ0) is 16.4. The molecule has 1 N–H and O–H groups in total. The first-order valence-corrected chi connectivity index (χ1v) is 7.41. The lowest BCUT2D eigenvalue weighted by molar-refractivity contribution is 0.415. The quantitative estimate of drug-likeness (QED) is 0.596. The van der Waals surface area contributed by atoms with Crippen LogP contribution in [0.1, 0.15) is 0 Å². The first kappa shape index (κ1) is 14.4. The first-order valence-electron chi connectivity index (χ1n) is 7.03. The van der Waals surface area contributed by atoms with E-state index >= 15 is 0 Å². The van der Waals surface area contributed by atoms with Gasteiger partial charge in [0.15, 0.2) is 0 Å². The number of nitrogens with one attached hydrogen (secondary N) is 1. The van der Waals surface area contributed by atoms with Gasteiger partial charge in [-0.25, -0.2) is 0 Å². The van der Waals surface area contributed by atoms with Crippen molar-refractivity contribution in [2.45, 2.75) is 0 Å². The molecule has 4 rings (SSSR count). The zero-order valence-electron chi connectivity index (χ0n) is 12.2. The van der Waals surface area contributed by atoms with Crippen LogP contribution in [0, 0.1) is 0 Å². The molecule has 0 atom stereocenters. The Hall–Kier alpha value is -3.19. The maximum atomic E-state index is 5.87. The van der Waals surface area contributed by atoms with Crippen molar-refractivity contribution in [3.05, 3.63) is 59.6 Å². The first-order chi connectivity index (χ1) is 11.8. The molecular formula is C16H10ClN5O2. The Balaban J connectivity index is 1.56. The molecule has 4 aromatic rings. The largest absolute Gasteiger partial charge is 0.399 e. The molecule has 0 unspecified atom stereocenters. The van der Waals surface area contributed by atoms with Gasteiger partial charge in [-0.1, -0.05) is 40.1 Å². The van der Waals surface area contributed by atoms with Crippen LogP contribution in [-0.2, 0) is 0 Å². The van der Waals surface area contributed by atoms with Gasteiger partial charge in [-0.05, 0) is 36.4 Å². The van der Waals surface area contributed by atoms with E-state index in [2.05, 4.69) is 25.7 Å². The number of para-hydroxylation sites is 1. The lowest BCUT2D eigenvalue weighted by Crippen LogP contribution is -1.88. The number of aromatic nitrogens is 4. The Bertz CT molecular complexity index is 950. The van der Waals surface area contributed by atoms with Crippen LogP contribution in [0.2, 0.25) is 5.02 Å². The second kappa shape index (κ2) is 6.13. The molecule has 0 amide bonds. The Labute approximate surface area is 141 Å². The molecule has 0 saturated carbocycles. The van der Waals surface area contributed by atoms with Crippen LogP contribution in [0.4, 0.5) is 11.7 Å². The third-order valence-electron chi connectivity index (χ3n) is 3.16. The van der Waals surface area contributed by atoms with E-state index in [-0.39, 0.29) is 17.8 Å². The maximum Gasteiger partial charge on any atom is 0.320 e. The van der Waals surface area contributed by atoms with E-state index in [4.69, 9.17) is 20.5 Å². The molecule has 0 saturated heterocycles. The van der Waals surface area contributed by atoms with E-state index in [1.807, 2.05) is 30.3 Å². The highest BCUT2D eigenvalue weighted by molar-refractivity contribution is 6.30. The van der Waals surface area contributed by atoms with Gasteiger partial charge in [0.2, 0.25) is 5.82 Å². The van der Waals surface area contributed by atoms with E-state index in [9.17, 15) is 0 Å². The van der Waals surface area contributed by atoms with E-state index in [0.29, 0.717) is 10.8 Å². The highest BCUT2D eigenvalue weighted by atomic mass is 35.5. The van der Waals surface area contributed by atoms with Gasteiger partial charge >= 0.3 is 17.8 Å². The molecule has 8 heteroatoms. The number of benzene rings is 2. The van der Waals surface area contributed by atoms with Crippen LogP contribution in [-0.4, -0.2) is 20.3 Å². The van der Waals surface area contributed by atoms with Gasteiger partial charge < -0.3 is 14.3 Å². The summed E-state index contributed by atoms with van der Waals surface area (Å²) in [4.78, 5) is 4.26. The summed E-state index contributed by atoms with van der Waals surface area (Å²) < 4.78 is 10.7. The van der Waals surface area contributed by atoms with Crippen LogP contribution in [0.15, 0.2) is 63.5 Å². The average molecular weight is 340 g/mol. The molecule has 2 aromatic heterocycles. The van der Waals surface area contributed by atoms with Gasteiger partial charge in [-0.3, -0.25) is 0 Å². The summed E-state index contributed by atoms with van der Waals surface area (Å²) in [5.74, 6) is 0.701. The van der Waals surface area contributed by atoms with Gasteiger partial charge in [-0.15, -0.1) is 5.10 Å².